The van der Waals surface area contributed by atoms with Crippen LogP contribution in [0.2, 0.25) is 0 Å². The SMILES string of the molecule is CC/C1=C(/c2ccccc2)N=C(c2ccc(-c3ccc4ccccc4c3)cc2)C(C)/C(C)=C(\c2c3ccccc3cc3oc4cc5ccccc5cc4c23)C1. The lowest BCUT2D eigenvalue weighted by Crippen LogP contribution is -2.18. The third-order valence-corrected chi connectivity index (χ3v) is 11.9. The van der Waals surface area contributed by atoms with Crippen molar-refractivity contribution in [2.75, 3.05) is 0 Å². The number of nitrogens with zero attached hydrogens (tertiary/aromatic N) is 1. The van der Waals surface area contributed by atoms with E-state index in [9.17, 15) is 0 Å². The van der Waals surface area contributed by atoms with Crippen molar-refractivity contribution in [3.05, 3.63) is 192 Å². The van der Waals surface area contributed by atoms with Crippen molar-refractivity contribution >= 4 is 71.2 Å². The van der Waals surface area contributed by atoms with Gasteiger partial charge in [0.2, 0.25) is 0 Å². The monoisotopic (exact) mass is 707 g/mol. The molecular weight excluding hydrogens is 667 g/mol. The predicted molar refractivity (Wildman–Crippen MR) is 235 cm³/mol. The molecule has 0 spiro atoms. The Kier molecular flexibility index (Phi) is 8.07. The Morgan fingerprint density at radius 2 is 1.15 bits per heavy atom. The van der Waals surface area contributed by atoms with Crippen LogP contribution in [0.15, 0.2) is 184 Å². The summed E-state index contributed by atoms with van der Waals surface area (Å²) < 4.78 is 6.77. The number of benzene rings is 8. The van der Waals surface area contributed by atoms with Gasteiger partial charge in [0, 0.05) is 22.3 Å². The molecule has 0 radical (unpaired) electrons. The first-order valence-corrected chi connectivity index (χ1v) is 19.5. The van der Waals surface area contributed by atoms with E-state index < -0.39 is 0 Å². The summed E-state index contributed by atoms with van der Waals surface area (Å²) in [5.41, 5.74) is 14.0. The van der Waals surface area contributed by atoms with E-state index in [4.69, 9.17) is 9.41 Å². The molecule has 264 valence electrons. The highest BCUT2D eigenvalue weighted by Crippen LogP contribution is 2.46. The molecule has 10 rings (SSSR count). The van der Waals surface area contributed by atoms with Crippen LogP contribution < -0.4 is 0 Å². The van der Waals surface area contributed by atoms with Gasteiger partial charge in [-0.15, -0.1) is 0 Å². The van der Waals surface area contributed by atoms with Crippen molar-refractivity contribution in [2.24, 2.45) is 10.9 Å². The van der Waals surface area contributed by atoms with Crippen LogP contribution in [0.3, 0.4) is 0 Å². The smallest absolute Gasteiger partial charge is 0.136 e. The van der Waals surface area contributed by atoms with Gasteiger partial charge >= 0.3 is 0 Å². The zero-order valence-electron chi connectivity index (χ0n) is 31.4. The Bertz CT molecular complexity index is 3050. The molecule has 2 heteroatoms. The van der Waals surface area contributed by atoms with Crippen LogP contribution in [-0.2, 0) is 0 Å². The highest BCUT2D eigenvalue weighted by Gasteiger charge is 2.27. The third kappa shape index (κ3) is 5.68. The average Bonchev–Trinajstić information content (AvgIpc) is 3.59. The first-order chi connectivity index (χ1) is 27.0. The lowest BCUT2D eigenvalue weighted by molar-refractivity contribution is 0.670. The van der Waals surface area contributed by atoms with Crippen molar-refractivity contribution in [1.82, 2.24) is 0 Å². The summed E-state index contributed by atoms with van der Waals surface area (Å²) in [7, 11) is 0. The molecule has 0 fully saturated rings. The molecular formula is C53H41NO. The van der Waals surface area contributed by atoms with Crippen molar-refractivity contribution in [1.29, 1.82) is 0 Å². The molecule has 1 atom stereocenters. The van der Waals surface area contributed by atoms with Gasteiger partial charge in [0.05, 0.1) is 11.4 Å². The van der Waals surface area contributed by atoms with Gasteiger partial charge < -0.3 is 4.42 Å². The van der Waals surface area contributed by atoms with Crippen LogP contribution in [0.25, 0.3) is 76.7 Å². The Labute approximate surface area is 321 Å². The maximum Gasteiger partial charge on any atom is 0.136 e. The fourth-order valence-electron chi connectivity index (χ4n) is 8.76. The fourth-order valence-corrected chi connectivity index (χ4v) is 8.76. The lowest BCUT2D eigenvalue weighted by Gasteiger charge is -2.27. The van der Waals surface area contributed by atoms with Crippen LogP contribution in [0, 0.1) is 5.92 Å². The largest absolute Gasteiger partial charge is 0.456 e. The molecule has 0 aliphatic carbocycles. The molecule has 1 aromatic heterocycles. The second-order valence-electron chi connectivity index (χ2n) is 15.0. The molecule has 0 bridgehead atoms. The number of allylic oxidation sites excluding steroid dienone is 3. The van der Waals surface area contributed by atoms with E-state index in [2.05, 4.69) is 185 Å². The van der Waals surface area contributed by atoms with Crippen molar-refractivity contribution < 1.29 is 4.42 Å². The molecule has 0 amide bonds. The number of aliphatic imine (C=N–C) groups is 1. The summed E-state index contributed by atoms with van der Waals surface area (Å²) in [5, 5.41) is 9.70. The maximum atomic E-state index is 6.77. The summed E-state index contributed by atoms with van der Waals surface area (Å²) in [5.74, 6) is 0.0478. The van der Waals surface area contributed by atoms with Crippen LogP contribution in [-0.4, -0.2) is 5.71 Å². The molecule has 0 saturated carbocycles. The molecule has 2 heterocycles. The second kappa shape index (κ2) is 13.4. The Hall–Kier alpha value is -6.51. The molecule has 1 unspecified atom stereocenters. The zero-order chi connectivity index (χ0) is 37.0. The van der Waals surface area contributed by atoms with Gasteiger partial charge in [-0.1, -0.05) is 159 Å². The van der Waals surface area contributed by atoms with Crippen LogP contribution >= 0.6 is 0 Å². The summed E-state index contributed by atoms with van der Waals surface area (Å²) in [4.78, 5) is 5.67. The molecule has 0 N–H and O–H groups in total. The summed E-state index contributed by atoms with van der Waals surface area (Å²) >= 11 is 0. The number of hydrogen-bond acceptors (Lipinski definition) is 2. The molecule has 9 aromatic rings. The fraction of sp³-hybridized carbons (Fsp3) is 0.113. The Morgan fingerprint density at radius 3 is 1.89 bits per heavy atom. The highest BCUT2D eigenvalue weighted by molar-refractivity contribution is 6.20. The average molecular weight is 708 g/mol. The van der Waals surface area contributed by atoms with Gasteiger partial charge in [-0.3, -0.25) is 4.99 Å². The molecule has 0 saturated heterocycles. The van der Waals surface area contributed by atoms with Gasteiger partial charge in [-0.25, -0.2) is 0 Å². The molecule has 55 heavy (non-hydrogen) atoms. The van der Waals surface area contributed by atoms with E-state index in [1.807, 2.05) is 0 Å². The second-order valence-corrected chi connectivity index (χ2v) is 15.0. The Balaban J connectivity index is 1.21. The third-order valence-electron chi connectivity index (χ3n) is 11.9. The minimum absolute atomic E-state index is 0.0478. The normalized spacial score (nSPS) is 17.9. The topological polar surface area (TPSA) is 25.5 Å². The number of fused-ring (bicyclic) bond motifs is 6. The van der Waals surface area contributed by atoms with E-state index in [0.29, 0.717) is 0 Å². The summed E-state index contributed by atoms with van der Waals surface area (Å²) in [6.45, 7) is 6.96. The van der Waals surface area contributed by atoms with Gasteiger partial charge in [0.15, 0.2) is 0 Å². The predicted octanol–water partition coefficient (Wildman–Crippen LogP) is 14.8. The highest BCUT2D eigenvalue weighted by atomic mass is 16.3. The minimum Gasteiger partial charge on any atom is -0.456 e. The van der Waals surface area contributed by atoms with Gasteiger partial charge in [-0.05, 0) is 110 Å². The zero-order valence-corrected chi connectivity index (χ0v) is 31.4. The summed E-state index contributed by atoms with van der Waals surface area (Å²) in [6.07, 6.45) is 1.69. The van der Waals surface area contributed by atoms with E-state index in [1.165, 1.54) is 71.1 Å². The first-order valence-electron chi connectivity index (χ1n) is 19.5. The first kappa shape index (κ1) is 33.1. The molecule has 2 nitrogen and oxygen atoms in total. The van der Waals surface area contributed by atoms with E-state index in [0.717, 1.165) is 51.9 Å². The van der Waals surface area contributed by atoms with Gasteiger partial charge in [-0.2, -0.15) is 0 Å². The van der Waals surface area contributed by atoms with Crippen molar-refractivity contribution in [3.8, 4) is 11.1 Å². The van der Waals surface area contributed by atoms with Crippen LogP contribution in [0.4, 0.5) is 0 Å². The van der Waals surface area contributed by atoms with E-state index in [1.54, 1.807) is 0 Å². The van der Waals surface area contributed by atoms with E-state index in [-0.39, 0.29) is 5.92 Å². The van der Waals surface area contributed by atoms with Crippen molar-refractivity contribution in [3.63, 3.8) is 0 Å². The molecule has 1 aliphatic rings. The van der Waals surface area contributed by atoms with Crippen molar-refractivity contribution in [2.45, 2.75) is 33.6 Å². The molecule has 1 aliphatic heterocycles. The van der Waals surface area contributed by atoms with E-state index >= 15 is 0 Å². The minimum atomic E-state index is 0.0478. The van der Waals surface area contributed by atoms with Gasteiger partial charge in [0.25, 0.3) is 0 Å². The molecule has 8 aromatic carbocycles. The van der Waals surface area contributed by atoms with Crippen LogP contribution in [0.1, 0.15) is 50.3 Å². The number of furan rings is 1. The number of rotatable bonds is 5. The Morgan fingerprint density at radius 1 is 0.545 bits per heavy atom. The lowest BCUT2D eigenvalue weighted by atomic mass is 9.79. The van der Waals surface area contributed by atoms with Gasteiger partial charge in [0.1, 0.15) is 11.2 Å². The number of hydrogen-bond donors (Lipinski definition) is 0. The van der Waals surface area contributed by atoms with Crippen LogP contribution in [0.5, 0.6) is 0 Å². The standard InChI is InChI=1S/C53H41NO/c1-4-35-29-46(50-45-21-13-12-20-44(45)32-49-51(50)47-30-41-18-10-11-19-42(41)31-48(47)55-49)33(2)34(3)52(54-53(35)38-15-6-5-7-16-38)39-25-22-37(23-26-39)43-27-24-36-14-8-9-17-40(36)28-43/h5-28,30-32,34H,4,29H2,1-3H3/b46-33-,53-35+,54-52?. The quantitative estimate of drug-likeness (QED) is 0.175. The maximum absolute atomic E-state index is 6.77. The summed E-state index contributed by atoms with van der Waals surface area (Å²) in [6, 6.07) is 59.3.